The minimum atomic E-state index is 0.486. The van der Waals surface area contributed by atoms with Crippen molar-refractivity contribution in [2.24, 2.45) is 0 Å². The molecule has 3 aromatic rings. The fourth-order valence-electron chi connectivity index (χ4n) is 3.91. The average molecular weight is 402 g/mol. The van der Waals surface area contributed by atoms with Gasteiger partial charge in [0.25, 0.3) is 0 Å². The van der Waals surface area contributed by atoms with Gasteiger partial charge < -0.3 is 10.6 Å². The van der Waals surface area contributed by atoms with E-state index in [9.17, 15) is 0 Å². The number of hydrogen-bond donors (Lipinski definition) is 2. The molecule has 0 amide bonds. The van der Waals surface area contributed by atoms with Gasteiger partial charge in [-0.05, 0) is 60.1 Å². The standard InChI is InChI=1S/C27H35N3/c1-18(2)24-14-7-10-20(5)26(24)28-16-22-12-9-13-23(30-22)17-29-27-21(6)11-8-15-25(27)19(3)4/h7-15,18-19,28-29H,16-17H2,1-6H3. The van der Waals surface area contributed by atoms with E-state index in [1.54, 1.807) is 0 Å². The van der Waals surface area contributed by atoms with Crippen LogP contribution in [0.2, 0.25) is 0 Å². The molecular weight excluding hydrogens is 366 g/mol. The molecule has 158 valence electrons. The Kier molecular flexibility index (Phi) is 7.15. The number of hydrogen-bond acceptors (Lipinski definition) is 3. The molecule has 2 N–H and O–H groups in total. The van der Waals surface area contributed by atoms with Gasteiger partial charge in [0.2, 0.25) is 0 Å². The van der Waals surface area contributed by atoms with Crippen molar-refractivity contribution >= 4 is 11.4 Å². The smallest absolute Gasteiger partial charge is 0.0598 e. The molecule has 0 atom stereocenters. The summed E-state index contributed by atoms with van der Waals surface area (Å²) in [5.41, 5.74) is 9.85. The monoisotopic (exact) mass is 401 g/mol. The molecule has 0 saturated heterocycles. The largest absolute Gasteiger partial charge is 0.379 e. The number of nitrogens with zero attached hydrogens (tertiary/aromatic N) is 1. The van der Waals surface area contributed by atoms with Crippen LogP contribution in [-0.4, -0.2) is 4.98 Å². The van der Waals surface area contributed by atoms with Gasteiger partial charge in [0.15, 0.2) is 0 Å². The summed E-state index contributed by atoms with van der Waals surface area (Å²) in [5, 5.41) is 7.26. The molecule has 30 heavy (non-hydrogen) atoms. The topological polar surface area (TPSA) is 37.0 Å². The van der Waals surface area contributed by atoms with Crippen LogP contribution in [-0.2, 0) is 13.1 Å². The second-order valence-corrected chi connectivity index (χ2v) is 8.72. The van der Waals surface area contributed by atoms with Crippen molar-refractivity contribution in [3.8, 4) is 0 Å². The molecule has 0 saturated carbocycles. The lowest BCUT2D eigenvalue weighted by Gasteiger charge is -2.18. The van der Waals surface area contributed by atoms with Crippen LogP contribution in [0, 0.1) is 13.8 Å². The lowest BCUT2D eigenvalue weighted by Crippen LogP contribution is -2.10. The van der Waals surface area contributed by atoms with Crippen molar-refractivity contribution in [2.75, 3.05) is 10.6 Å². The zero-order chi connectivity index (χ0) is 21.7. The van der Waals surface area contributed by atoms with E-state index in [2.05, 4.69) is 107 Å². The van der Waals surface area contributed by atoms with Crippen LogP contribution in [0.3, 0.4) is 0 Å². The van der Waals surface area contributed by atoms with Crippen molar-refractivity contribution in [3.63, 3.8) is 0 Å². The third-order valence-corrected chi connectivity index (χ3v) is 5.61. The van der Waals surface area contributed by atoms with E-state index in [4.69, 9.17) is 4.98 Å². The highest BCUT2D eigenvalue weighted by molar-refractivity contribution is 5.59. The van der Waals surface area contributed by atoms with Gasteiger partial charge in [-0.1, -0.05) is 70.2 Å². The van der Waals surface area contributed by atoms with Crippen LogP contribution in [0.5, 0.6) is 0 Å². The van der Waals surface area contributed by atoms with E-state index < -0.39 is 0 Å². The summed E-state index contributed by atoms with van der Waals surface area (Å²) in [4.78, 5) is 4.89. The maximum atomic E-state index is 4.89. The molecular formula is C27H35N3. The number of aromatic nitrogens is 1. The van der Waals surface area contributed by atoms with Crippen molar-refractivity contribution in [2.45, 2.75) is 66.5 Å². The second-order valence-electron chi connectivity index (χ2n) is 8.72. The molecule has 2 aromatic carbocycles. The lowest BCUT2D eigenvalue weighted by molar-refractivity contribution is 0.859. The molecule has 0 fully saturated rings. The van der Waals surface area contributed by atoms with Crippen LogP contribution >= 0.6 is 0 Å². The number of anilines is 2. The SMILES string of the molecule is Cc1cccc(C(C)C)c1NCc1cccc(CNc2c(C)cccc2C(C)C)n1. The fraction of sp³-hybridized carbons (Fsp3) is 0.370. The van der Waals surface area contributed by atoms with E-state index in [0.717, 1.165) is 24.5 Å². The molecule has 0 aliphatic rings. The van der Waals surface area contributed by atoms with Crippen molar-refractivity contribution in [1.29, 1.82) is 0 Å². The van der Waals surface area contributed by atoms with Crippen molar-refractivity contribution < 1.29 is 0 Å². The number of rotatable bonds is 8. The normalized spacial score (nSPS) is 11.2. The van der Waals surface area contributed by atoms with Crippen LogP contribution in [0.1, 0.15) is 73.2 Å². The van der Waals surface area contributed by atoms with E-state index in [0.29, 0.717) is 11.8 Å². The summed E-state index contributed by atoms with van der Waals surface area (Å²) in [7, 11) is 0. The molecule has 3 rings (SSSR count). The van der Waals surface area contributed by atoms with Gasteiger partial charge in [-0.25, -0.2) is 0 Å². The molecule has 1 aromatic heterocycles. The highest BCUT2D eigenvalue weighted by Gasteiger charge is 2.11. The number of para-hydroxylation sites is 2. The number of pyridine rings is 1. The highest BCUT2D eigenvalue weighted by atomic mass is 14.9. The predicted molar refractivity (Wildman–Crippen MR) is 129 cm³/mol. The summed E-state index contributed by atoms with van der Waals surface area (Å²) in [6, 6.07) is 19.3. The van der Waals surface area contributed by atoms with Crippen LogP contribution in [0.4, 0.5) is 11.4 Å². The first-order valence-corrected chi connectivity index (χ1v) is 11.0. The maximum absolute atomic E-state index is 4.89. The Morgan fingerprint density at radius 3 is 1.43 bits per heavy atom. The van der Waals surface area contributed by atoms with Gasteiger partial charge in [0, 0.05) is 11.4 Å². The van der Waals surface area contributed by atoms with Crippen LogP contribution in [0.25, 0.3) is 0 Å². The van der Waals surface area contributed by atoms with E-state index in [1.807, 2.05) is 0 Å². The molecule has 1 heterocycles. The molecule has 3 nitrogen and oxygen atoms in total. The fourth-order valence-corrected chi connectivity index (χ4v) is 3.91. The van der Waals surface area contributed by atoms with Crippen LogP contribution < -0.4 is 10.6 Å². The average Bonchev–Trinajstić information content (AvgIpc) is 2.71. The van der Waals surface area contributed by atoms with Gasteiger partial charge in [-0.3, -0.25) is 4.98 Å². The molecule has 0 aliphatic heterocycles. The van der Waals surface area contributed by atoms with Gasteiger partial charge in [-0.2, -0.15) is 0 Å². The van der Waals surface area contributed by atoms with E-state index in [1.165, 1.54) is 33.6 Å². The first-order valence-electron chi connectivity index (χ1n) is 11.0. The minimum absolute atomic E-state index is 0.486. The maximum Gasteiger partial charge on any atom is 0.0598 e. The third kappa shape index (κ3) is 5.21. The van der Waals surface area contributed by atoms with Crippen molar-refractivity contribution in [3.05, 3.63) is 88.2 Å². The first kappa shape index (κ1) is 21.9. The molecule has 0 unspecified atom stereocenters. The molecule has 3 heteroatoms. The summed E-state index contributed by atoms with van der Waals surface area (Å²) in [6.45, 7) is 14.7. The Hall–Kier alpha value is -2.81. The Bertz CT molecular complexity index is 912. The Morgan fingerprint density at radius 2 is 1.03 bits per heavy atom. The van der Waals surface area contributed by atoms with Crippen LogP contribution in [0.15, 0.2) is 54.6 Å². The summed E-state index contributed by atoms with van der Waals surface area (Å²) in [6.07, 6.45) is 0. The Morgan fingerprint density at radius 1 is 0.633 bits per heavy atom. The number of aryl methyl sites for hydroxylation is 2. The zero-order valence-corrected chi connectivity index (χ0v) is 19.2. The zero-order valence-electron chi connectivity index (χ0n) is 19.2. The number of nitrogens with one attached hydrogen (secondary N) is 2. The van der Waals surface area contributed by atoms with E-state index in [-0.39, 0.29) is 0 Å². The van der Waals surface area contributed by atoms with Gasteiger partial charge in [0.05, 0.1) is 24.5 Å². The molecule has 0 aliphatic carbocycles. The summed E-state index contributed by atoms with van der Waals surface area (Å²) >= 11 is 0. The predicted octanol–water partition coefficient (Wildman–Crippen LogP) is 7.17. The third-order valence-electron chi connectivity index (χ3n) is 5.61. The molecule has 0 bridgehead atoms. The van der Waals surface area contributed by atoms with Gasteiger partial charge in [0.1, 0.15) is 0 Å². The second kappa shape index (κ2) is 9.80. The summed E-state index contributed by atoms with van der Waals surface area (Å²) in [5.74, 6) is 0.973. The summed E-state index contributed by atoms with van der Waals surface area (Å²) < 4.78 is 0. The number of benzene rings is 2. The molecule has 0 radical (unpaired) electrons. The highest BCUT2D eigenvalue weighted by Crippen LogP contribution is 2.29. The lowest BCUT2D eigenvalue weighted by atomic mass is 9.98. The Labute approximate surface area is 182 Å². The van der Waals surface area contributed by atoms with Gasteiger partial charge >= 0.3 is 0 Å². The Balaban J connectivity index is 1.71. The quantitative estimate of drug-likeness (QED) is 0.420. The van der Waals surface area contributed by atoms with Gasteiger partial charge in [-0.15, -0.1) is 0 Å². The van der Waals surface area contributed by atoms with Crippen molar-refractivity contribution in [1.82, 2.24) is 4.98 Å². The van der Waals surface area contributed by atoms with E-state index >= 15 is 0 Å². The molecule has 0 spiro atoms. The minimum Gasteiger partial charge on any atom is -0.379 e. The first-order chi connectivity index (χ1) is 14.4.